The number of ether oxygens (including phenoxy) is 1. The summed E-state index contributed by atoms with van der Waals surface area (Å²) in [4.78, 5) is 0. The van der Waals surface area contributed by atoms with Gasteiger partial charge in [0.2, 0.25) is 0 Å². The first kappa shape index (κ1) is 11.3. The maximum absolute atomic E-state index is 8.73. The van der Waals surface area contributed by atoms with Gasteiger partial charge in [0.25, 0.3) is 0 Å². The van der Waals surface area contributed by atoms with Crippen LogP contribution < -0.4 is 5.32 Å². The van der Waals surface area contributed by atoms with Gasteiger partial charge in [-0.3, -0.25) is 0 Å². The second-order valence-electron chi connectivity index (χ2n) is 3.84. The van der Waals surface area contributed by atoms with Gasteiger partial charge in [-0.15, -0.1) is 0 Å². The Bertz CT molecular complexity index is 408. The summed E-state index contributed by atoms with van der Waals surface area (Å²) in [5, 5.41) is 12.7. The van der Waals surface area contributed by atoms with E-state index in [4.69, 9.17) is 21.6 Å². The number of rotatable bonds is 2. The van der Waals surface area contributed by atoms with Crippen molar-refractivity contribution in [3.63, 3.8) is 0 Å². The molecule has 3 nitrogen and oxygen atoms in total. The molecule has 0 radical (unpaired) electrons. The molecule has 2 rings (SSSR count). The van der Waals surface area contributed by atoms with E-state index in [0.29, 0.717) is 16.6 Å². The average Bonchev–Trinajstić information content (AvgIpc) is 2.33. The Balaban J connectivity index is 2.06. The smallest absolute Gasteiger partial charge is 0.0992 e. The van der Waals surface area contributed by atoms with Gasteiger partial charge >= 0.3 is 0 Å². The summed E-state index contributed by atoms with van der Waals surface area (Å²) in [5.41, 5.74) is 1.48. The fraction of sp³-hybridized carbons (Fsp3) is 0.417. The van der Waals surface area contributed by atoms with Crippen LogP contribution in [-0.2, 0) is 4.74 Å². The predicted molar refractivity (Wildman–Crippen MR) is 63.6 cm³/mol. The van der Waals surface area contributed by atoms with E-state index in [9.17, 15) is 0 Å². The van der Waals surface area contributed by atoms with E-state index in [1.54, 1.807) is 12.1 Å². The van der Waals surface area contributed by atoms with Crippen molar-refractivity contribution in [2.24, 2.45) is 0 Å². The van der Waals surface area contributed by atoms with Gasteiger partial charge in [0, 0.05) is 19.3 Å². The van der Waals surface area contributed by atoms with E-state index in [-0.39, 0.29) is 0 Å². The number of benzene rings is 1. The molecule has 16 heavy (non-hydrogen) atoms. The molecule has 1 aliphatic rings. The van der Waals surface area contributed by atoms with Gasteiger partial charge in [-0.05, 0) is 31.0 Å². The number of hydrogen-bond acceptors (Lipinski definition) is 3. The molecule has 0 aliphatic carbocycles. The zero-order valence-electron chi connectivity index (χ0n) is 8.87. The topological polar surface area (TPSA) is 45.0 Å². The average molecular weight is 237 g/mol. The molecule has 0 bridgehead atoms. The van der Waals surface area contributed by atoms with Crippen LogP contribution in [0.5, 0.6) is 0 Å². The highest BCUT2D eigenvalue weighted by Gasteiger charge is 2.14. The molecule has 1 saturated heterocycles. The van der Waals surface area contributed by atoms with Crippen molar-refractivity contribution in [3.05, 3.63) is 28.8 Å². The number of hydrogen-bond donors (Lipinski definition) is 1. The number of nitrogens with zero attached hydrogens (tertiary/aromatic N) is 1. The molecule has 0 spiro atoms. The summed E-state index contributed by atoms with van der Waals surface area (Å²) < 4.78 is 5.29. The Kier molecular flexibility index (Phi) is 3.66. The van der Waals surface area contributed by atoms with E-state index in [1.165, 1.54) is 0 Å². The van der Waals surface area contributed by atoms with Crippen LogP contribution in [0.3, 0.4) is 0 Å². The van der Waals surface area contributed by atoms with E-state index in [2.05, 4.69) is 11.4 Å². The van der Waals surface area contributed by atoms with Gasteiger partial charge in [-0.1, -0.05) is 11.6 Å². The molecule has 1 heterocycles. The summed E-state index contributed by atoms with van der Waals surface area (Å²) in [7, 11) is 0. The molecule has 0 amide bonds. The summed E-state index contributed by atoms with van der Waals surface area (Å²) in [6.45, 7) is 1.59. The summed E-state index contributed by atoms with van der Waals surface area (Å²) >= 11 is 6.08. The maximum Gasteiger partial charge on any atom is 0.0992 e. The van der Waals surface area contributed by atoms with Crippen molar-refractivity contribution in [2.75, 3.05) is 18.5 Å². The van der Waals surface area contributed by atoms with Crippen molar-refractivity contribution in [2.45, 2.75) is 18.9 Å². The standard InChI is InChI=1S/C12H13ClN2O/c13-11-7-9(8-14)1-2-12(11)15-10-3-5-16-6-4-10/h1-2,7,10,15H,3-6H2. The molecule has 1 aliphatic heterocycles. The first-order valence-electron chi connectivity index (χ1n) is 5.33. The van der Waals surface area contributed by atoms with Crippen LogP contribution in [-0.4, -0.2) is 19.3 Å². The van der Waals surface area contributed by atoms with Crippen molar-refractivity contribution in [1.29, 1.82) is 5.26 Å². The highest BCUT2D eigenvalue weighted by Crippen LogP contribution is 2.25. The Morgan fingerprint density at radius 1 is 1.38 bits per heavy atom. The summed E-state index contributed by atoms with van der Waals surface area (Å²) in [5.74, 6) is 0. The number of nitrogens with one attached hydrogen (secondary N) is 1. The third-order valence-corrected chi connectivity index (χ3v) is 2.99. The van der Waals surface area contributed by atoms with Crippen LogP contribution in [0.15, 0.2) is 18.2 Å². The Morgan fingerprint density at radius 2 is 2.12 bits per heavy atom. The lowest BCUT2D eigenvalue weighted by Gasteiger charge is -2.24. The number of anilines is 1. The van der Waals surface area contributed by atoms with E-state index in [0.717, 1.165) is 31.7 Å². The third kappa shape index (κ3) is 2.66. The SMILES string of the molecule is N#Cc1ccc(NC2CCOCC2)c(Cl)c1. The fourth-order valence-electron chi connectivity index (χ4n) is 1.76. The van der Waals surface area contributed by atoms with Crippen LogP contribution in [0.1, 0.15) is 18.4 Å². The normalized spacial score (nSPS) is 16.8. The van der Waals surface area contributed by atoms with Crippen molar-refractivity contribution in [1.82, 2.24) is 0 Å². The van der Waals surface area contributed by atoms with Gasteiger partial charge in [-0.2, -0.15) is 5.26 Å². The number of halogens is 1. The van der Waals surface area contributed by atoms with Crippen molar-refractivity contribution < 1.29 is 4.74 Å². The van der Waals surface area contributed by atoms with E-state index in [1.807, 2.05) is 6.07 Å². The zero-order valence-corrected chi connectivity index (χ0v) is 9.63. The molecule has 4 heteroatoms. The van der Waals surface area contributed by atoms with Crippen LogP contribution in [0.25, 0.3) is 0 Å². The minimum absolute atomic E-state index is 0.416. The summed E-state index contributed by atoms with van der Waals surface area (Å²) in [6, 6.07) is 7.79. The molecule has 84 valence electrons. The lowest BCUT2D eigenvalue weighted by atomic mass is 10.1. The molecule has 1 aromatic carbocycles. The molecule has 0 aromatic heterocycles. The first-order chi connectivity index (χ1) is 7.79. The second-order valence-corrected chi connectivity index (χ2v) is 4.24. The molecular formula is C12H13ClN2O. The fourth-order valence-corrected chi connectivity index (χ4v) is 2.00. The minimum atomic E-state index is 0.416. The number of nitriles is 1. The van der Waals surface area contributed by atoms with Crippen LogP contribution in [0, 0.1) is 11.3 Å². The quantitative estimate of drug-likeness (QED) is 0.859. The highest BCUT2D eigenvalue weighted by molar-refractivity contribution is 6.33. The Hall–Kier alpha value is -1.24. The molecule has 1 aromatic rings. The van der Waals surface area contributed by atoms with Gasteiger partial charge < -0.3 is 10.1 Å². The Labute approximate surface area is 100.0 Å². The largest absolute Gasteiger partial charge is 0.381 e. The zero-order chi connectivity index (χ0) is 11.4. The van der Waals surface area contributed by atoms with Crippen LogP contribution in [0.4, 0.5) is 5.69 Å². The second kappa shape index (κ2) is 5.20. The lowest BCUT2D eigenvalue weighted by Crippen LogP contribution is -2.27. The van der Waals surface area contributed by atoms with Crippen LogP contribution in [0.2, 0.25) is 5.02 Å². The van der Waals surface area contributed by atoms with Gasteiger partial charge in [0.15, 0.2) is 0 Å². The van der Waals surface area contributed by atoms with Crippen molar-refractivity contribution in [3.8, 4) is 6.07 Å². The van der Waals surface area contributed by atoms with Crippen LogP contribution >= 0.6 is 11.6 Å². The molecule has 1 N–H and O–H groups in total. The molecule has 0 atom stereocenters. The lowest BCUT2D eigenvalue weighted by molar-refractivity contribution is 0.0904. The van der Waals surface area contributed by atoms with Gasteiger partial charge in [-0.25, -0.2) is 0 Å². The van der Waals surface area contributed by atoms with Crippen molar-refractivity contribution >= 4 is 17.3 Å². The summed E-state index contributed by atoms with van der Waals surface area (Å²) in [6.07, 6.45) is 1.99. The van der Waals surface area contributed by atoms with E-state index < -0.39 is 0 Å². The third-order valence-electron chi connectivity index (χ3n) is 2.68. The molecular weight excluding hydrogens is 224 g/mol. The maximum atomic E-state index is 8.73. The molecule has 1 fully saturated rings. The minimum Gasteiger partial charge on any atom is -0.381 e. The monoisotopic (exact) mass is 236 g/mol. The molecule has 0 unspecified atom stereocenters. The Morgan fingerprint density at radius 3 is 2.75 bits per heavy atom. The molecule has 0 saturated carbocycles. The predicted octanol–water partition coefficient (Wildman–Crippen LogP) is 2.80. The first-order valence-corrected chi connectivity index (χ1v) is 5.71. The van der Waals surface area contributed by atoms with Gasteiger partial charge in [0.05, 0.1) is 22.3 Å². The highest BCUT2D eigenvalue weighted by atomic mass is 35.5. The van der Waals surface area contributed by atoms with Gasteiger partial charge in [0.1, 0.15) is 0 Å². The van der Waals surface area contributed by atoms with E-state index >= 15 is 0 Å².